The summed E-state index contributed by atoms with van der Waals surface area (Å²) >= 11 is 0. The van der Waals surface area contributed by atoms with Gasteiger partial charge in [0.05, 0.1) is 38.9 Å². The SMILES string of the molecule is COc1ccccc1NC(=O)CC[NH+]1CC(C)CC(C)C1. The molecule has 0 aliphatic carbocycles. The molecule has 116 valence electrons. The molecule has 0 aromatic heterocycles. The summed E-state index contributed by atoms with van der Waals surface area (Å²) in [6.07, 6.45) is 1.88. The van der Waals surface area contributed by atoms with Gasteiger partial charge in [-0.1, -0.05) is 26.0 Å². The molecule has 1 aliphatic heterocycles. The Morgan fingerprint density at radius 1 is 1.29 bits per heavy atom. The predicted octanol–water partition coefficient (Wildman–Crippen LogP) is 1.58. The summed E-state index contributed by atoms with van der Waals surface area (Å²) in [6.45, 7) is 7.91. The Bertz CT molecular complexity index is 466. The van der Waals surface area contributed by atoms with Crippen LogP contribution in [0, 0.1) is 11.8 Å². The van der Waals surface area contributed by atoms with Crippen LogP contribution in [0.15, 0.2) is 24.3 Å². The Morgan fingerprint density at radius 2 is 1.95 bits per heavy atom. The molecular formula is C17H27N2O2+. The molecule has 1 amide bonds. The number of para-hydroxylation sites is 2. The molecule has 21 heavy (non-hydrogen) atoms. The fourth-order valence-corrected chi connectivity index (χ4v) is 3.38. The van der Waals surface area contributed by atoms with Crippen LogP contribution >= 0.6 is 0 Å². The zero-order valence-corrected chi connectivity index (χ0v) is 13.3. The zero-order chi connectivity index (χ0) is 15.2. The number of hydrogen-bond donors (Lipinski definition) is 2. The smallest absolute Gasteiger partial charge is 0.230 e. The van der Waals surface area contributed by atoms with Crippen molar-refractivity contribution >= 4 is 11.6 Å². The van der Waals surface area contributed by atoms with Crippen molar-refractivity contribution in [3.63, 3.8) is 0 Å². The van der Waals surface area contributed by atoms with E-state index in [-0.39, 0.29) is 5.91 Å². The van der Waals surface area contributed by atoms with Crippen LogP contribution in [0.25, 0.3) is 0 Å². The first kappa shape index (κ1) is 15.8. The zero-order valence-electron chi connectivity index (χ0n) is 13.3. The van der Waals surface area contributed by atoms with E-state index < -0.39 is 0 Å². The van der Waals surface area contributed by atoms with Crippen molar-refractivity contribution in [2.75, 3.05) is 32.1 Å². The van der Waals surface area contributed by atoms with Crippen LogP contribution in [0.4, 0.5) is 5.69 Å². The monoisotopic (exact) mass is 291 g/mol. The van der Waals surface area contributed by atoms with Crippen molar-refractivity contribution in [2.24, 2.45) is 11.8 Å². The van der Waals surface area contributed by atoms with Crippen molar-refractivity contribution in [2.45, 2.75) is 26.7 Å². The van der Waals surface area contributed by atoms with E-state index in [0.717, 1.165) is 24.1 Å². The minimum atomic E-state index is 0.0675. The number of ether oxygens (including phenoxy) is 1. The van der Waals surface area contributed by atoms with Crippen LogP contribution in [0.2, 0.25) is 0 Å². The van der Waals surface area contributed by atoms with Gasteiger partial charge >= 0.3 is 0 Å². The second kappa shape index (κ2) is 7.46. The van der Waals surface area contributed by atoms with Crippen LogP contribution in [0.3, 0.4) is 0 Å². The molecule has 4 heteroatoms. The average Bonchev–Trinajstić information content (AvgIpc) is 2.45. The summed E-state index contributed by atoms with van der Waals surface area (Å²) in [5.41, 5.74) is 0.750. The molecule has 1 fully saturated rings. The van der Waals surface area contributed by atoms with Gasteiger partial charge in [0.25, 0.3) is 0 Å². The van der Waals surface area contributed by atoms with Gasteiger partial charge in [0.15, 0.2) is 0 Å². The van der Waals surface area contributed by atoms with Crippen molar-refractivity contribution in [1.29, 1.82) is 0 Å². The maximum Gasteiger partial charge on any atom is 0.230 e. The van der Waals surface area contributed by atoms with E-state index in [1.807, 2.05) is 24.3 Å². The molecule has 0 saturated carbocycles. The highest BCUT2D eigenvalue weighted by Crippen LogP contribution is 2.22. The Kier molecular flexibility index (Phi) is 5.62. The Hall–Kier alpha value is -1.55. The molecule has 2 rings (SSSR count). The Balaban J connectivity index is 1.82. The van der Waals surface area contributed by atoms with Crippen LogP contribution in [-0.4, -0.2) is 32.7 Å². The largest absolute Gasteiger partial charge is 0.495 e. The lowest BCUT2D eigenvalue weighted by Gasteiger charge is -2.31. The highest BCUT2D eigenvalue weighted by Gasteiger charge is 2.25. The Morgan fingerprint density at radius 3 is 2.62 bits per heavy atom. The van der Waals surface area contributed by atoms with E-state index in [1.165, 1.54) is 19.5 Å². The van der Waals surface area contributed by atoms with Gasteiger partial charge in [-0.2, -0.15) is 0 Å². The number of hydrogen-bond acceptors (Lipinski definition) is 2. The third kappa shape index (κ3) is 4.74. The third-order valence-corrected chi connectivity index (χ3v) is 4.17. The summed E-state index contributed by atoms with van der Waals surface area (Å²) in [4.78, 5) is 13.7. The highest BCUT2D eigenvalue weighted by molar-refractivity contribution is 5.92. The molecule has 1 aromatic carbocycles. The molecule has 4 nitrogen and oxygen atoms in total. The summed E-state index contributed by atoms with van der Waals surface area (Å²) in [7, 11) is 1.62. The third-order valence-electron chi connectivity index (χ3n) is 4.17. The van der Waals surface area contributed by atoms with Crippen LogP contribution in [0.1, 0.15) is 26.7 Å². The molecule has 1 aliphatic rings. The van der Waals surface area contributed by atoms with Gasteiger partial charge < -0.3 is 15.0 Å². The molecule has 0 bridgehead atoms. The first-order chi connectivity index (χ1) is 10.1. The second-order valence-corrected chi connectivity index (χ2v) is 6.35. The number of rotatable bonds is 5. The van der Waals surface area contributed by atoms with Gasteiger partial charge in [-0.15, -0.1) is 0 Å². The number of nitrogens with one attached hydrogen (secondary N) is 2. The normalized spacial score (nSPS) is 25.4. The fraction of sp³-hybridized carbons (Fsp3) is 0.588. The first-order valence-electron chi connectivity index (χ1n) is 7.85. The lowest BCUT2D eigenvalue weighted by molar-refractivity contribution is -0.911. The highest BCUT2D eigenvalue weighted by atomic mass is 16.5. The van der Waals surface area contributed by atoms with Gasteiger partial charge in [0.2, 0.25) is 5.91 Å². The number of carbonyl (C=O) groups excluding carboxylic acids is 1. The maximum atomic E-state index is 12.1. The number of piperidine rings is 1. The summed E-state index contributed by atoms with van der Waals surface area (Å²) < 4.78 is 5.25. The number of amides is 1. The molecule has 0 radical (unpaired) electrons. The standard InChI is InChI=1S/C17H26N2O2/c1-13-10-14(2)12-19(11-13)9-8-17(20)18-15-6-4-5-7-16(15)21-3/h4-7,13-14H,8-12H2,1-3H3,(H,18,20)/p+1. The topological polar surface area (TPSA) is 42.8 Å². The minimum Gasteiger partial charge on any atom is -0.495 e. The van der Waals surface area contributed by atoms with E-state index in [1.54, 1.807) is 12.0 Å². The number of anilines is 1. The summed E-state index contributed by atoms with van der Waals surface area (Å²) in [6, 6.07) is 7.52. The van der Waals surface area contributed by atoms with Gasteiger partial charge in [0.1, 0.15) is 5.75 Å². The molecule has 2 atom stereocenters. The Labute approximate surface area is 127 Å². The van der Waals surface area contributed by atoms with Gasteiger partial charge in [0, 0.05) is 11.8 Å². The molecule has 2 N–H and O–H groups in total. The van der Waals surface area contributed by atoms with Gasteiger partial charge in [-0.3, -0.25) is 4.79 Å². The van der Waals surface area contributed by atoms with E-state index >= 15 is 0 Å². The van der Waals surface area contributed by atoms with Crippen molar-refractivity contribution in [1.82, 2.24) is 0 Å². The quantitative estimate of drug-likeness (QED) is 0.865. The summed E-state index contributed by atoms with van der Waals surface area (Å²) in [5.74, 6) is 2.30. The number of carbonyl (C=O) groups is 1. The van der Waals surface area contributed by atoms with Crippen LogP contribution < -0.4 is 15.0 Å². The molecule has 1 aromatic rings. The lowest BCUT2D eigenvalue weighted by Crippen LogP contribution is -3.14. The average molecular weight is 291 g/mol. The van der Waals surface area contributed by atoms with Crippen molar-refractivity contribution < 1.29 is 14.4 Å². The number of benzene rings is 1. The maximum absolute atomic E-state index is 12.1. The van der Waals surface area contributed by atoms with E-state index in [9.17, 15) is 4.79 Å². The predicted molar refractivity (Wildman–Crippen MR) is 84.7 cm³/mol. The van der Waals surface area contributed by atoms with Crippen molar-refractivity contribution in [3.05, 3.63) is 24.3 Å². The van der Waals surface area contributed by atoms with Gasteiger partial charge in [-0.25, -0.2) is 0 Å². The van der Waals surface area contributed by atoms with Crippen LogP contribution in [-0.2, 0) is 4.79 Å². The fourth-order valence-electron chi connectivity index (χ4n) is 3.38. The number of likely N-dealkylation sites (tertiary alicyclic amines) is 1. The van der Waals surface area contributed by atoms with E-state index in [4.69, 9.17) is 4.74 Å². The molecule has 0 spiro atoms. The number of methoxy groups -OCH3 is 1. The van der Waals surface area contributed by atoms with E-state index in [0.29, 0.717) is 12.2 Å². The molecular weight excluding hydrogens is 264 g/mol. The molecule has 1 heterocycles. The summed E-state index contributed by atoms with van der Waals surface area (Å²) in [5, 5.41) is 2.95. The van der Waals surface area contributed by atoms with Crippen molar-refractivity contribution in [3.8, 4) is 5.75 Å². The molecule has 2 unspecified atom stereocenters. The van der Waals surface area contributed by atoms with Gasteiger partial charge in [-0.05, 0) is 18.6 Å². The second-order valence-electron chi connectivity index (χ2n) is 6.35. The number of quaternary nitrogens is 1. The lowest BCUT2D eigenvalue weighted by atomic mass is 9.92. The minimum absolute atomic E-state index is 0.0675. The van der Waals surface area contributed by atoms with E-state index in [2.05, 4.69) is 19.2 Å². The first-order valence-corrected chi connectivity index (χ1v) is 7.85. The van der Waals surface area contributed by atoms with Crippen LogP contribution in [0.5, 0.6) is 5.75 Å². The molecule has 1 saturated heterocycles.